The van der Waals surface area contributed by atoms with Crippen molar-refractivity contribution in [2.24, 2.45) is 0 Å². The zero-order chi connectivity index (χ0) is 29.9. The Morgan fingerprint density at radius 2 is 1.02 bits per heavy atom. The van der Waals surface area contributed by atoms with Crippen molar-refractivity contribution in [2.45, 2.75) is 106 Å². The summed E-state index contributed by atoms with van der Waals surface area (Å²) in [5.74, 6) is -1.35. The first kappa shape index (κ1) is 32.9. The maximum Gasteiger partial charge on any atom is 0.217 e. The van der Waals surface area contributed by atoms with Crippen LogP contribution in [0, 0.1) is 0 Å². The van der Waals surface area contributed by atoms with Crippen LogP contribution in [0.4, 0.5) is 0 Å². The number of hydrogen-bond donors (Lipinski definition) is 11. The van der Waals surface area contributed by atoms with Gasteiger partial charge in [0.05, 0.1) is 19.8 Å². The third-order valence-electron chi connectivity index (χ3n) is 6.90. The Kier molecular flexibility index (Phi) is 11.5. The van der Waals surface area contributed by atoms with Crippen LogP contribution >= 0.6 is 0 Å². The largest absolute Gasteiger partial charge is 0.394 e. The SMILES string of the molecule is CC(=O)N[C@H]1[C@@H](O[C@H]2[C@@H](O)[C@@H](CO)O[C@@H](O[C@@H]3[C@@H](O)[C@H](O)O[C@H](CO)[C@@H]3O)[C@@H]2NC(C)=O)O[C@H](CO)[C@H](O)[C@@H]1O. The monoisotopic (exact) mass is 586 g/mol. The lowest BCUT2D eigenvalue weighted by Gasteiger charge is -2.49. The second-order valence-corrected chi connectivity index (χ2v) is 9.81. The summed E-state index contributed by atoms with van der Waals surface area (Å²) in [6.07, 6.45) is -21.4. The van der Waals surface area contributed by atoms with Crippen molar-refractivity contribution in [3.05, 3.63) is 0 Å². The van der Waals surface area contributed by atoms with E-state index in [9.17, 15) is 55.5 Å². The van der Waals surface area contributed by atoms with Gasteiger partial charge >= 0.3 is 0 Å². The summed E-state index contributed by atoms with van der Waals surface area (Å²) in [7, 11) is 0. The number of amides is 2. The first-order valence-electron chi connectivity index (χ1n) is 12.6. The summed E-state index contributed by atoms with van der Waals surface area (Å²) in [5, 5.41) is 96.5. The number of hydrogen-bond acceptors (Lipinski definition) is 16. The average molecular weight is 587 g/mol. The third kappa shape index (κ3) is 7.05. The maximum atomic E-state index is 12.1. The predicted octanol–water partition coefficient (Wildman–Crippen LogP) is -7.29. The van der Waals surface area contributed by atoms with Gasteiger partial charge < -0.3 is 80.3 Å². The summed E-state index contributed by atoms with van der Waals surface area (Å²) in [4.78, 5) is 23.9. The van der Waals surface area contributed by atoms with Gasteiger partial charge in [0.15, 0.2) is 18.9 Å². The highest BCUT2D eigenvalue weighted by Crippen LogP contribution is 2.32. The normalized spacial score (nSPS) is 46.0. The van der Waals surface area contributed by atoms with Crippen molar-refractivity contribution in [1.29, 1.82) is 0 Å². The molecule has 3 aliphatic heterocycles. The van der Waals surface area contributed by atoms with Gasteiger partial charge in [-0.25, -0.2) is 0 Å². The van der Waals surface area contributed by atoms with Gasteiger partial charge in [-0.05, 0) is 0 Å². The Labute approximate surface area is 228 Å². The fourth-order valence-electron chi connectivity index (χ4n) is 4.86. The molecule has 0 unspecified atom stereocenters. The molecule has 0 spiro atoms. The Hall–Kier alpha value is -1.62. The lowest BCUT2D eigenvalue weighted by molar-refractivity contribution is -0.357. The zero-order valence-corrected chi connectivity index (χ0v) is 21.7. The molecule has 0 saturated carbocycles. The summed E-state index contributed by atoms with van der Waals surface area (Å²) in [6.45, 7) is -0.146. The molecule has 0 aliphatic carbocycles. The van der Waals surface area contributed by atoms with Crippen molar-refractivity contribution >= 4 is 11.8 Å². The minimum absolute atomic E-state index is 0.657. The van der Waals surface area contributed by atoms with Crippen LogP contribution in [-0.4, -0.2) is 170 Å². The summed E-state index contributed by atoms with van der Waals surface area (Å²) in [6, 6.07) is -2.92. The minimum Gasteiger partial charge on any atom is -0.394 e. The molecule has 15 atom stereocenters. The van der Waals surface area contributed by atoms with E-state index in [4.69, 9.17) is 23.7 Å². The Bertz CT molecular complexity index is 854. The molecule has 232 valence electrons. The molecular formula is C22H38N2O16. The molecule has 0 aromatic rings. The Morgan fingerprint density at radius 3 is 1.55 bits per heavy atom. The highest BCUT2D eigenvalue weighted by atomic mass is 16.7. The van der Waals surface area contributed by atoms with E-state index in [-0.39, 0.29) is 0 Å². The first-order valence-corrected chi connectivity index (χ1v) is 12.6. The molecule has 0 radical (unpaired) electrons. The van der Waals surface area contributed by atoms with Crippen molar-refractivity contribution in [2.75, 3.05) is 19.8 Å². The third-order valence-corrected chi connectivity index (χ3v) is 6.90. The molecule has 3 fully saturated rings. The van der Waals surface area contributed by atoms with E-state index < -0.39 is 124 Å². The van der Waals surface area contributed by atoms with Crippen LogP contribution in [0.15, 0.2) is 0 Å². The van der Waals surface area contributed by atoms with Crippen LogP contribution in [0.25, 0.3) is 0 Å². The van der Waals surface area contributed by atoms with E-state index in [1.54, 1.807) is 0 Å². The summed E-state index contributed by atoms with van der Waals surface area (Å²) in [5.41, 5.74) is 0. The minimum atomic E-state index is -1.89. The summed E-state index contributed by atoms with van der Waals surface area (Å²) >= 11 is 0. The summed E-state index contributed by atoms with van der Waals surface area (Å²) < 4.78 is 27.7. The maximum absolute atomic E-state index is 12.1. The molecule has 3 saturated heterocycles. The number of rotatable bonds is 9. The molecule has 2 amide bonds. The number of nitrogens with one attached hydrogen (secondary N) is 2. The molecule has 0 aromatic carbocycles. The van der Waals surface area contributed by atoms with Gasteiger partial charge in [0.25, 0.3) is 0 Å². The van der Waals surface area contributed by atoms with Crippen LogP contribution in [0.1, 0.15) is 13.8 Å². The van der Waals surface area contributed by atoms with Crippen molar-refractivity contribution in [1.82, 2.24) is 10.6 Å². The van der Waals surface area contributed by atoms with Crippen molar-refractivity contribution < 1.29 is 79.2 Å². The van der Waals surface area contributed by atoms with Gasteiger partial charge in [-0.15, -0.1) is 0 Å². The van der Waals surface area contributed by atoms with Crippen LogP contribution in [-0.2, 0) is 33.3 Å². The molecule has 3 rings (SSSR count). The fraction of sp³-hybridized carbons (Fsp3) is 0.909. The predicted molar refractivity (Wildman–Crippen MR) is 124 cm³/mol. The van der Waals surface area contributed by atoms with Gasteiger partial charge in [0.2, 0.25) is 11.8 Å². The van der Waals surface area contributed by atoms with E-state index in [0.29, 0.717) is 0 Å². The quantitative estimate of drug-likeness (QED) is 0.120. The van der Waals surface area contributed by atoms with E-state index in [1.165, 1.54) is 0 Å². The highest BCUT2D eigenvalue weighted by molar-refractivity contribution is 5.73. The first-order chi connectivity index (χ1) is 18.8. The highest BCUT2D eigenvalue weighted by Gasteiger charge is 2.54. The van der Waals surface area contributed by atoms with E-state index in [1.807, 2.05) is 0 Å². The van der Waals surface area contributed by atoms with Crippen LogP contribution in [0.3, 0.4) is 0 Å². The molecule has 3 aliphatic rings. The van der Waals surface area contributed by atoms with Gasteiger partial charge in [0.1, 0.15) is 73.1 Å². The second kappa shape index (κ2) is 14.0. The topological polar surface area (TPSA) is 286 Å². The standard InChI is InChI=1S/C22H38N2O16/c1-6(28)23-11-16(33)13(30)8(3-25)37-21(11)39-18-12(24-7(2)29)22(38-10(5-27)14(18)31)40-19-15(32)9(4-26)36-20(35)17(19)34/h8-22,25-27,30-35H,3-5H2,1-2H3,(H,23,28)(H,24,29)/t8-,9-,10-,11-,12-,13+,14+,15+,16-,17-,18-,19+,20-,21-,22+/m1/s1. The Balaban J connectivity index is 1.95. The average Bonchev–Trinajstić information content (AvgIpc) is 2.90. The molecule has 18 nitrogen and oxygen atoms in total. The molecular weight excluding hydrogens is 548 g/mol. The van der Waals surface area contributed by atoms with Crippen molar-refractivity contribution in [3.63, 3.8) is 0 Å². The number of aliphatic hydroxyl groups excluding tert-OH is 9. The van der Waals surface area contributed by atoms with Gasteiger partial charge in [-0.2, -0.15) is 0 Å². The van der Waals surface area contributed by atoms with Gasteiger partial charge in [0, 0.05) is 13.8 Å². The number of carbonyl (C=O) groups excluding carboxylic acids is 2. The molecule has 0 aromatic heterocycles. The smallest absolute Gasteiger partial charge is 0.217 e. The van der Waals surface area contributed by atoms with Gasteiger partial charge in [-0.1, -0.05) is 0 Å². The number of carbonyl (C=O) groups is 2. The lowest BCUT2D eigenvalue weighted by Crippen LogP contribution is -2.70. The van der Waals surface area contributed by atoms with Crippen molar-refractivity contribution in [3.8, 4) is 0 Å². The lowest BCUT2D eigenvalue weighted by atomic mass is 9.94. The molecule has 40 heavy (non-hydrogen) atoms. The van der Waals surface area contributed by atoms with E-state index in [0.717, 1.165) is 13.8 Å². The van der Waals surface area contributed by atoms with Crippen LogP contribution in [0.5, 0.6) is 0 Å². The zero-order valence-electron chi connectivity index (χ0n) is 21.7. The molecule has 3 heterocycles. The molecule has 11 N–H and O–H groups in total. The fourth-order valence-corrected chi connectivity index (χ4v) is 4.86. The number of ether oxygens (including phenoxy) is 5. The van der Waals surface area contributed by atoms with Crippen LogP contribution in [0.2, 0.25) is 0 Å². The van der Waals surface area contributed by atoms with Gasteiger partial charge in [-0.3, -0.25) is 9.59 Å². The number of aliphatic hydroxyl groups is 9. The molecule has 0 bridgehead atoms. The second-order valence-electron chi connectivity index (χ2n) is 9.81. The van der Waals surface area contributed by atoms with E-state index >= 15 is 0 Å². The van der Waals surface area contributed by atoms with Crippen LogP contribution < -0.4 is 10.6 Å². The Morgan fingerprint density at radius 1 is 0.600 bits per heavy atom. The van der Waals surface area contributed by atoms with E-state index in [2.05, 4.69) is 10.6 Å². The molecule has 18 heteroatoms.